The van der Waals surface area contributed by atoms with Gasteiger partial charge in [0, 0.05) is 6.54 Å². The van der Waals surface area contributed by atoms with E-state index >= 15 is 0 Å². The molecule has 1 aliphatic rings. The van der Waals surface area contributed by atoms with Crippen LogP contribution in [0.3, 0.4) is 0 Å². The van der Waals surface area contributed by atoms with Gasteiger partial charge in [-0.1, -0.05) is 0 Å². The third-order valence-corrected chi connectivity index (χ3v) is 2.82. The van der Waals surface area contributed by atoms with Crippen LogP contribution in [-0.4, -0.2) is 29.6 Å². The molecule has 0 aromatic carbocycles. The molecular weight excluding hydrogens is 207 g/mol. The van der Waals surface area contributed by atoms with Gasteiger partial charge in [0.05, 0.1) is 6.20 Å². The van der Waals surface area contributed by atoms with Crippen LogP contribution in [-0.2, 0) is 0 Å². The third-order valence-electron chi connectivity index (χ3n) is 2.82. The van der Waals surface area contributed by atoms with E-state index in [1.54, 1.807) is 6.92 Å². The van der Waals surface area contributed by atoms with Crippen molar-refractivity contribution in [2.75, 3.05) is 25.0 Å². The van der Waals surface area contributed by atoms with E-state index in [0.717, 1.165) is 19.6 Å². The topological polar surface area (TPSA) is 49.8 Å². The summed E-state index contributed by atoms with van der Waals surface area (Å²) in [7, 11) is 0. The highest BCUT2D eigenvalue weighted by Gasteiger charge is 2.13. The molecule has 5 heteroatoms. The summed E-state index contributed by atoms with van der Waals surface area (Å²) in [5.41, 5.74) is 0. The Morgan fingerprint density at radius 2 is 2.50 bits per heavy atom. The molecule has 1 aliphatic heterocycles. The van der Waals surface area contributed by atoms with Crippen molar-refractivity contribution in [2.24, 2.45) is 5.92 Å². The first-order valence-electron chi connectivity index (χ1n) is 5.69. The number of hydrogen-bond donors (Lipinski definition) is 2. The maximum absolute atomic E-state index is 13.3. The van der Waals surface area contributed by atoms with Crippen molar-refractivity contribution in [1.29, 1.82) is 0 Å². The second-order valence-electron chi connectivity index (χ2n) is 4.21. The molecule has 88 valence electrons. The van der Waals surface area contributed by atoms with Gasteiger partial charge in [0.2, 0.25) is 0 Å². The summed E-state index contributed by atoms with van der Waals surface area (Å²) in [4.78, 5) is 7.84. The lowest BCUT2D eigenvalue weighted by atomic mass is 10.00. The molecule has 4 nitrogen and oxygen atoms in total. The van der Waals surface area contributed by atoms with Crippen LogP contribution in [0.4, 0.5) is 10.2 Å². The zero-order valence-corrected chi connectivity index (χ0v) is 9.46. The fourth-order valence-electron chi connectivity index (χ4n) is 1.92. The molecular formula is C11H17FN4. The molecule has 2 rings (SSSR count). The van der Waals surface area contributed by atoms with Crippen LogP contribution in [0.15, 0.2) is 6.20 Å². The second kappa shape index (κ2) is 5.21. The highest BCUT2D eigenvalue weighted by molar-refractivity contribution is 5.34. The first kappa shape index (κ1) is 11.3. The highest BCUT2D eigenvalue weighted by Crippen LogP contribution is 2.13. The van der Waals surface area contributed by atoms with Gasteiger partial charge in [-0.25, -0.2) is 14.4 Å². The Morgan fingerprint density at radius 3 is 3.25 bits per heavy atom. The summed E-state index contributed by atoms with van der Waals surface area (Å²) in [6, 6.07) is 0. The van der Waals surface area contributed by atoms with E-state index in [1.807, 2.05) is 0 Å². The summed E-state index contributed by atoms with van der Waals surface area (Å²) in [6.45, 7) is 4.61. The Labute approximate surface area is 94.7 Å². The smallest absolute Gasteiger partial charge is 0.183 e. The fourth-order valence-corrected chi connectivity index (χ4v) is 1.92. The van der Waals surface area contributed by atoms with Crippen molar-refractivity contribution in [2.45, 2.75) is 19.8 Å². The van der Waals surface area contributed by atoms with E-state index < -0.39 is 0 Å². The number of rotatable bonds is 3. The minimum absolute atomic E-state index is 0.318. The van der Waals surface area contributed by atoms with Gasteiger partial charge in [-0.05, 0) is 38.8 Å². The van der Waals surface area contributed by atoms with E-state index in [-0.39, 0.29) is 5.82 Å². The summed E-state index contributed by atoms with van der Waals surface area (Å²) in [5, 5.41) is 6.39. The Balaban J connectivity index is 1.90. The molecule has 0 aliphatic carbocycles. The Morgan fingerprint density at radius 1 is 1.62 bits per heavy atom. The van der Waals surface area contributed by atoms with Crippen LogP contribution >= 0.6 is 0 Å². The average molecular weight is 224 g/mol. The fraction of sp³-hybridized carbons (Fsp3) is 0.636. The maximum atomic E-state index is 13.3. The number of halogens is 1. The lowest BCUT2D eigenvalue weighted by molar-refractivity contribution is 0.392. The minimum Gasteiger partial charge on any atom is -0.367 e. The monoisotopic (exact) mass is 224 g/mol. The molecule has 0 bridgehead atoms. The minimum atomic E-state index is -0.380. The molecule has 2 N–H and O–H groups in total. The largest absolute Gasteiger partial charge is 0.367 e. The van der Waals surface area contributed by atoms with Crippen molar-refractivity contribution >= 4 is 5.82 Å². The van der Waals surface area contributed by atoms with Crippen LogP contribution in [0.5, 0.6) is 0 Å². The molecule has 1 aromatic heterocycles. The quantitative estimate of drug-likeness (QED) is 0.813. The number of piperidine rings is 1. The number of aryl methyl sites for hydroxylation is 1. The van der Waals surface area contributed by atoms with Gasteiger partial charge in [0.25, 0.3) is 0 Å². The molecule has 0 radical (unpaired) electrons. The van der Waals surface area contributed by atoms with Gasteiger partial charge in [0.1, 0.15) is 5.82 Å². The van der Waals surface area contributed by atoms with Crippen LogP contribution in [0.25, 0.3) is 0 Å². The summed E-state index contributed by atoms with van der Waals surface area (Å²) >= 11 is 0. The van der Waals surface area contributed by atoms with Crippen LogP contribution in [0.1, 0.15) is 18.7 Å². The van der Waals surface area contributed by atoms with Crippen molar-refractivity contribution in [3.8, 4) is 0 Å². The standard InChI is InChI=1S/C11H17FN4/c1-8-14-7-10(12)11(16-8)15-6-9-3-2-4-13-5-9/h7,9,13H,2-6H2,1H3,(H,14,15,16). The first-order chi connectivity index (χ1) is 7.75. The number of anilines is 1. The van der Waals surface area contributed by atoms with E-state index in [1.165, 1.54) is 19.0 Å². The SMILES string of the molecule is Cc1ncc(F)c(NCC2CCCNC2)n1. The Hall–Kier alpha value is -1.23. The zero-order valence-electron chi connectivity index (χ0n) is 9.46. The van der Waals surface area contributed by atoms with Crippen molar-refractivity contribution in [3.63, 3.8) is 0 Å². The predicted octanol–water partition coefficient (Wildman–Crippen LogP) is 1.34. The van der Waals surface area contributed by atoms with Crippen molar-refractivity contribution in [3.05, 3.63) is 17.8 Å². The predicted molar refractivity (Wildman–Crippen MR) is 60.8 cm³/mol. The van der Waals surface area contributed by atoms with Crippen molar-refractivity contribution < 1.29 is 4.39 Å². The van der Waals surface area contributed by atoms with E-state index in [0.29, 0.717) is 17.6 Å². The highest BCUT2D eigenvalue weighted by atomic mass is 19.1. The summed E-state index contributed by atoms with van der Waals surface area (Å²) in [6.07, 6.45) is 3.59. The molecule has 1 aromatic rings. The third kappa shape index (κ3) is 2.88. The molecule has 0 spiro atoms. The van der Waals surface area contributed by atoms with Gasteiger partial charge in [-0.15, -0.1) is 0 Å². The molecule has 16 heavy (non-hydrogen) atoms. The lowest BCUT2D eigenvalue weighted by Crippen LogP contribution is -2.33. The summed E-state index contributed by atoms with van der Waals surface area (Å²) in [5.74, 6) is 1.08. The van der Waals surface area contributed by atoms with Crippen LogP contribution in [0, 0.1) is 18.7 Å². The molecule has 1 fully saturated rings. The maximum Gasteiger partial charge on any atom is 0.183 e. The Kier molecular flexibility index (Phi) is 3.66. The summed E-state index contributed by atoms with van der Waals surface area (Å²) < 4.78 is 13.3. The molecule has 1 saturated heterocycles. The van der Waals surface area contributed by atoms with Gasteiger partial charge in [-0.2, -0.15) is 0 Å². The number of nitrogens with one attached hydrogen (secondary N) is 2. The number of nitrogens with zero attached hydrogens (tertiary/aromatic N) is 2. The van der Waals surface area contributed by atoms with Crippen LogP contribution in [0.2, 0.25) is 0 Å². The van der Waals surface area contributed by atoms with Gasteiger partial charge >= 0.3 is 0 Å². The molecule has 1 unspecified atom stereocenters. The molecule has 0 amide bonds. The van der Waals surface area contributed by atoms with E-state index in [4.69, 9.17) is 0 Å². The lowest BCUT2D eigenvalue weighted by Gasteiger charge is -2.23. The normalized spacial score (nSPS) is 20.8. The zero-order chi connectivity index (χ0) is 11.4. The van der Waals surface area contributed by atoms with Gasteiger partial charge < -0.3 is 10.6 Å². The van der Waals surface area contributed by atoms with Gasteiger partial charge in [0.15, 0.2) is 11.6 Å². The van der Waals surface area contributed by atoms with E-state index in [9.17, 15) is 4.39 Å². The first-order valence-corrected chi connectivity index (χ1v) is 5.69. The van der Waals surface area contributed by atoms with Crippen molar-refractivity contribution in [1.82, 2.24) is 15.3 Å². The number of hydrogen-bond acceptors (Lipinski definition) is 4. The molecule has 0 saturated carbocycles. The number of aromatic nitrogens is 2. The average Bonchev–Trinajstić information content (AvgIpc) is 2.32. The Bertz CT molecular complexity index is 350. The van der Waals surface area contributed by atoms with Gasteiger partial charge in [-0.3, -0.25) is 0 Å². The second-order valence-corrected chi connectivity index (χ2v) is 4.21. The van der Waals surface area contributed by atoms with E-state index in [2.05, 4.69) is 20.6 Å². The molecule has 1 atom stereocenters. The van der Waals surface area contributed by atoms with Crippen LogP contribution < -0.4 is 10.6 Å². The molecule has 2 heterocycles.